The van der Waals surface area contributed by atoms with E-state index in [0.717, 1.165) is 56.1 Å². The van der Waals surface area contributed by atoms with Crippen LogP contribution in [0.3, 0.4) is 0 Å². The Morgan fingerprint density at radius 2 is 1.82 bits per heavy atom. The van der Waals surface area contributed by atoms with Gasteiger partial charge in [-0.3, -0.25) is 9.59 Å². The number of likely N-dealkylation sites (tertiary alicyclic amines) is 2. The van der Waals surface area contributed by atoms with E-state index >= 15 is 0 Å². The summed E-state index contributed by atoms with van der Waals surface area (Å²) in [5.41, 5.74) is 9.07. The van der Waals surface area contributed by atoms with Gasteiger partial charge in [0.25, 0.3) is 11.8 Å². The van der Waals surface area contributed by atoms with E-state index in [0.29, 0.717) is 40.3 Å². The molecule has 3 N–H and O–H groups in total. The number of nitrogens with two attached hydrogens (primary N) is 1. The lowest BCUT2D eigenvalue weighted by Crippen LogP contribution is -2.34. The number of carbonyl (C=O) groups is 2. The average Bonchev–Trinajstić information content (AvgIpc) is 3.61. The van der Waals surface area contributed by atoms with E-state index in [2.05, 4.69) is 15.3 Å². The number of ether oxygens (including phenoxy) is 1. The molecule has 0 radical (unpaired) electrons. The van der Waals surface area contributed by atoms with Crippen LogP contribution in [0.5, 0.6) is 5.75 Å². The normalized spacial score (nSPS) is 19.0. The average molecular weight is 537 g/mol. The van der Waals surface area contributed by atoms with Crippen LogP contribution in [-0.2, 0) is 0 Å². The van der Waals surface area contributed by atoms with Gasteiger partial charge in [-0.15, -0.1) is 0 Å². The first kappa shape index (κ1) is 26.1. The first-order valence-electron chi connectivity index (χ1n) is 12.9. The zero-order valence-corrected chi connectivity index (χ0v) is 22.4. The number of aryl methyl sites for hydroxylation is 1. The number of fused-ring (bicyclic) bond motifs is 1. The highest BCUT2D eigenvalue weighted by atomic mass is 35.5. The van der Waals surface area contributed by atoms with Gasteiger partial charge in [0.05, 0.1) is 19.0 Å². The molecule has 2 aliphatic rings. The van der Waals surface area contributed by atoms with Crippen LogP contribution in [0.2, 0.25) is 5.02 Å². The number of benzene rings is 2. The fourth-order valence-corrected chi connectivity index (χ4v) is 5.58. The van der Waals surface area contributed by atoms with E-state index in [4.69, 9.17) is 22.1 Å². The second-order valence-electron chi connectivity index (χ2n) is 10.1. The third-order valence-corrected chi connectivity index (χ3v) is 7.98. The number of amides is 2. The van der Waals surface area contributed by atoms with E-state index in [1.807, 2.05) is 42.2 Å². The largest absolute Gasteiger partial charge is 0.497 e. The molecule has 5 rings (SSSR count). The number of aromatic nitrogens is 2. The van der Waals surface area contributed by atoms with E-state index in [1.54, 1.807) is 30.1 Å². The number of nitrogens with zero attached hydrogens (tertiary/aromatic N) is 4. The maximum absolute atomic E-state index is 13.3. The Labute approximate surface area is 227 Å². The number of anilines is 1. The summed E-state index contributed by atoms with van der Waals surface area (Å²) in [5, 5.41) is 7.94. The fraction of sp³-hybridized carbons (Fsp3) is 0.393. The molecule has 9 nitrogen and oxygen atoms in total. The minimum Gasteiger partial charge on any atom is -0.497 e. The van der Waals surface area contributed by atoms with Crippen molar-refractivity contribution in [2.45, 2.75) is 13.3 Å². The van der Waals surface area contributed by atoms with Gasteiger partial charge in [0.1, 0.15) is 17.1 Å². The molecule has 2 aromatic carbocycles. The summed E-state index contributed by atoms with van der Waals surface area (Å²) in [6, 6.07) is 12.7. The number of rotatable bonds is 8. The van der Waals surface area contributed by atoms with Crippen molar-refractivity contribution in [1.82, 2.24) is 24.9 Å². The van der Waals surface area contributed by atoms with Gasteiger partial charge in [-0.05, 0) is 73.7 Å². The lowest BCUT2D eigenvalue weighted by molar-refractivity contribution is 0.0775. The second-order valence-corrected chi connectivity index (χ2v) is 10.5. The number of nitrogens with one attached hydrogen (secondary N) is 1. The van der Waals surface area contributed by atoms with Gasteiger partial charge in [0, 0.05) is 43.3 Å². The molecular weight excluding hydrogens is 504 g/mol. The van der Waals surface area contributed by atoms with Crippen LogP contribution in [0.25, 0.3) is 5.69 Å². The number of methoxy groups -OCH3 is 1. The van der Waals surface area contributed by atoms with Gasteiger partial charge in [0.2, 0.25) is 0 Å². The fourth-order valence-electron chi connectivity index (χ4n) is 5.40. The van der Waals surface area contributed by atoms with Crippen molar-refractivity contribution in [3.63, 3.8) is 0 Å². The summed E-state index contributed by atoms with van der Waals surface area (Å²) < 4.78 is 6.79. The molecule has 2 fully saturated rings. The van der Waals surface area contributed by atoms with Gasteiger partial charge in [0.15, 0.2) is 0 Å². The Morgan fingerprint density at radius 3 is 2.47 bits per heavy atom. The van der Waals surface area contributed by atoms with Crippen molar-refractivity contribution in [1.29, 1.82) is 0 Å². The Bertz CT molecular complexity index is 1310. The van der Waals surface area contributed by atoms with E-state index in [-0.39, 0.29) is 11.8 Å². The highest BCUT2D eigenvalue weighted by molar-refractivity contribution is 6.31. The summed E-state index contributed by atoms with van der Waals surface area (Å²) in [7, 11) is 1.61. The smallest absolute Gasteiger partial charge is 0.259 e. The van der Waals surface area contributed by atoms with Crippen molar-refractivity contribution in [2.75, 3.05) is 52.1 Å². The molecule has 10 heteroatoms. The Morgan fingerprint density at radius 1 is 1.11 bits per heavy atom. The van der Waals surface area contributed by atoms with Crippen LogP contribution in [0.4, 0.5) is 5.82 Å². The predicted molar refractivity (Wildman–Crippen MR) is 147 cm³/mol. The van der Waals surface area contributed by atoms with E-state index in [1.165, 1.54) is 0 Å². The molecule has 38 heavy (non-hydrogen) atoms. The standard InChI is InChI=1S/C28H33ClN6O3/c1-18-4-5-19(12-25(18)29)27(36)31-10-3-11-33-14-20-16-34(17-21(20)15-33)28(37)24-13-32-35(26(24)30)22-6-8-23(38-2)9-7-22/h4-9,12-13,20-21H,3,10-11,14-17,30H2,1-2H3,(H,31,36). The van der Waals surface area contributed by atoms with Gasteiger partial charge in [-0.2, -0.15) is 5.10 Å². The molecule has 0 spiro atoms. The van der Waals surface area contributed by atoms with Gasteiger partial charge in [-0.25, -0.2) is 4.68 Å². The third kappa shape index (κ3) is 5.35. The predicted octanol–water partition coefficient (Wildman–Crippen LogP) is 3.25. The van der Waals surface area contributed by atoms with E-state index in [9.17, 15) is 9.59 Å². The van der Waals surface area contributed by atoms with Crippen LogP contribution in [0.1, 0.15) is 32.7 Å². The summed E-state index contributed by atoms with van der Waals surface area (Å²) in [5.74, 6) is 1.80. The van der Waals surface area contributed by atoms with Gasteiger partial charge >= 0.3 is 0 Å². The molecule has 2 aliphatic heterocycles. The highest BCUT2D eigenvalue weighted by Crippen LogP contribution is 2.32. The number of hydrogen-bond donors (Lipinski definition) is 2. The van der Waals surface area contributed by atoms with Crippen LogP contribution >= 0.6 is 11.6 Å². The van der Waals surface area contributed by atoms with Gasteiger partial charge in [-0.1, -0.05) is 17.7 Å². The molecule has 0 bridgehead atoms. The summed E-state index contributed by atoms with van der Waals surface area (Å²) in [4.78, 5) is 30.0. The molecular formula is C28H33ClN6O3. The SMILES string of the molecule is COc1ccc(-n2ncc(C(=O)N3CC4CN(CCCNC(=O)c5ccc(C)c(Cl)c5)CC4C3)c2N)cc1. The molecule has 3 heterocycles. The quantitative estimate of drug-likeness (QED) is 0.428. The number of hydrogen-bond acceptors (Lipinski definition) is 6. The van der Waals surface area contributed by atoms with Crippen LogP contribution < -0.4 is 15.8 Å². The van der Waals surface area contributed by atoms with E-state index < -0.39 is 0 Å². The molecule has 2 amide bonds. The Balaban J connectivity index is 1.08. The maximum Gasteiger partial charge on any atom is 0.259 e. The molecule has 2 atom stereocenters. The summed E-state index contributed by atoms with van der Waals surface area (Å²) in [6.45, 7) is 6.79. The van der Waals surface area contributed by atoms with Gasteiger partial charge < -0.3 is 25.6 Å². The minimum atomic E-state index is -0.103. The number of nitrogen functional groups attached to an aromatic ring is 1. The lowest BCUT2D eigenvalue weighted by Gasteiger charge is -2.21. The molecule has 2 unspecified atom stereocenters. The summed E-state index contributed by atoms with van der Waals surface area (Å²) >= 11 is 6.13. The summed E-state index contributed by atoms with van der Waals surface area (Å²) in [6.07, 6.45) is 2.43. The van der Waals surface area contributed by atoms with Crippen LogP contribution in [0.15, 0.2) is 48.7 Å². The third-order valence-electron chi connectivity index (χ3n) is 7.57. The monoisotopic (exact) mass is 536 g/mol. The zero-order chi connectivity index (χ0) is 26.8. The first-order valence-corrected chi connectivity index (χ1v) is 13.3. The van der Waals surface area contributed by atoms with Crippen molar-refractivity contribution in [2.24, 2.45) is 11.8 Å². The highest BCUT2D eigenvalue weighted by Gasteiger charge is 2.42. The number of halogens is 1. The lowest BCUT2D eigenvalue weighted by atomic mass is 10.0. The number of carbonyl (C=O) groups excluding carboxylic acids is 2. The topological polar surface area (TPSA) is 106 Å². The van der Waals surface area contributed by atoms with Crippen LogP contribution in [0, 0.1) is 18.8 Å². The molecule has 1 aromatic heterocycles. The molecule has 200 valence electrons. The maximum atomic E-state index is 13.3. The molecule has 2 saturated heterocycles. The van der Waals surface area contributed by atoms with Crippen molar-refractivity contribution in [3.05, 3.63) is 70.4 Å². The minimum absolute atomic E-state index is 0.0675. The van der Waals surface area contributed by atoms with Crippen molar-refractivity contribution >= 4 is 29.2 Å². The van der Waals surface area contributed by atoms with Crippen molar-refractivity contribution in [3.8, 4) is 11.4 Å². The second kappa shape index (κ2) is 11.0. The molecule has 0 saturated carbocycles. The molecule has 0 aliphatic carbocycles. The Kier molecular flexibility index (Phi) is 7.58. The zero-order valence-electron chi connectivity index (χ0n) is 21.7. The van der Waals surface area contributed by atoms with Crippen molar-refractivity contribution < 1.29 is 14.3 Å². The first-order chi connectivity index (χ1) is 18.3. The van der Waals surface area contributed by atoms with Crippen LogP contribution in [-0.4, -0.2) is 77.8 Å². The Hall–Kier alpha value is -3.56. The molecule has 3 aromatic rings.